The Balaban J connectivity index is 1.73. The number of hydrogen-bond donors (Lipinski definition) is 2. The van der Waals surface area contributed by atoms with Crippen LogP contribution in [0.3, 0.4) is 0 Å². The molecule has 20 heavy (non-hydrogen) atoms. The summed E-state index contributed by atoms with van der Waals surface area (Å²) in [4.78, 5) is 10.6. The molecule has 0 bridgehead atoms. The van der Waals surface area contributed by atoms with Gasteiger partial charge in [0, 0.05) is 0 Å². The third-order valence-electron chi connectivity index (χ3n) is 3.80. The molecule has 1 unspecified atom stereocenters. The van der Waals surface area contributed by atoms with Gasteiger partial charge in [-0.1, -0.05) is 37.8 Å². The quantitative estimate of drug-likeness (QED) is 0.804. The summed E-state index contributed by atoms with van der Waals surface area (Å²) in [7, 11) is 0. The first kappa shape index (κ1) is 14.9. The van der Waals surface area contributed by atoms with E-state index in [-0.39, 0.29) is 6.42 Å². The molecule has 0 saturated heterocycles. The standard InChI is InChI=1S/C16H22O4/c17-14(9-12-3-1-2-4-12)11-20-15-7-5-13(6-8-15)10-16(18)19/h5-8,12,14,17H,1-4,9-11H2,(H,18,19). The lowest BCUT2D eigenvalue weighted by atomic mass is 10.0. The van der Waals surface area contributed by atoms with Crippen molar-refractivity contribution in [1.82, 2.24) is 0 Å². The van der Waals surface area contributed by atoms with Gasteiger partial charge in [0.15, 0.2) is 0 Å². The van der Waals surface area contributed by atoms with Crippen LogP contribution < -0.4 is 4.74 Å². The third-order valence-corrected chi connectivity index (χ3v) is 3.80. The molecule has 0 spiro atoms. The van der Waals surface area contributed by atoms with Crippen LogP contribution in [0.5, 0.6) is 5.75 Å². The lowest BCUT2D eigenvalue weighted by molar-refractivity contribution is -0.136. The topological polar surface area (TPSA) is 66.8 Å². The highest BCUT2D eigenvalue weighted by Crippen LogP contribution is 2.28. The fraction of sp³-hybridized carbons (Fsp3) is 0.562. The predicted molar refractivity (Wildman–Crippen MR) is 75.9 cm³/mol. The first-order valence-electron chi connectivity index (χ1n) is 7.25. The Morgan fingerprint density at radius 1 is 1.25 bits per heavy atom. The summed E-state index contributed by atoms with van der Waals surface area (Å²) in [6, 6.07) is 6.99. The van der Waals surface area contributed by atoms with E-state index in [9.17, 15) is 9.90 Å². The molecule has 110 valence electrons. The van der Waals surface area contributed by atoms with Crippen molar-refractivity contribution in [1.29, 1.82) is 0 Å². The normalized spacial score (nSPS) is 17.1. The highest BCUT2D eigenvalue weighted by molar-refractivity contribution is 5.70. The number of benzene rings is 1. The molecule has 0 aliphatic heterocycles. The van der Waals surface area contributed by atoms with Gasteiger partial charge in [0.25, 0.3) is 0 Å². The van der Waals surface area contributed by atoms with Gasteiger partial charge in [0.05, 0.1) is 12.5 Å². The van der Waals surface area contributed by atoms with Crippen molar-refractivity contribution in [3.8, 4) is 5.75 Å². The third kappa shape index (κ3) is 4.85. The van der Waals surface area contributed by atoms with Crippen LogP contribution in [-0.4, -0.2) is 28.9 Å². The lowest BCUT2D eigenvalue weighted by Crippen LogP contribution is -2.20. The van der Waals surface area contributed by atoms with Crippen molar-refractivity contribution in [3.05, 3.63) is 29.8 Å². The molecule has 1 aliphatic carbocycles. The van der Waals surface area contributed by atoms with E-state index in [0.29, 0.717) is 18.3 Å². The number of carbonyl (C=O) groups is 1. The van der Waals surface area contributed by atoms with E-state index < -0.39 is 12.1 Å². The number of rotatable bonds is 7. The summed E-state index contributed by atoms with van der Waals surface area (Å²) >= 11 is 0. The number of carboxylic acid groups (broad SMARTS) is 1. The molecule has 1 aromatic rings. The Morgan fingerprint density at radius 3 is 2.50 bits per heavy atom. The van der Waals surface area contributed by atoms with Gasteiger partial charge in [0.1, 0.15) is 12.4 Å². The maximum absolute atomic E-state index is 10.6. The molecule has 2 rings (SSSR count). The zero-order valence-electron chi connectivity index (χ0n) is 11.6. The molecule has 1 saturated carbocycles. The average Bonchev–Trinajstić information content (AvgIpc) is 2.90. The molecule has 0 radical (unpaired) electrons. The molecule has 0 aromatic heterocycles. The van der Waals surface area contributed by atoms with E-state index in [1.165, 1.54) is 25.7 Å². The van der Waals surface area contributed by atoms with Crippen molar-refractivity contribution >= 4 is 5.97 Å². The summed E-state index contributed by atoms with van der Waals surface area (Å²) in [5.74, 6) is 0.474. The zero-order valence-corrected chi connectivity index (χ0v) is 11.6. The highest BCUT2D eigenvalue weighted by Gasteiger charge is 2.19. The Kier molecular flexibility index (Phi) is 5.41. The van der Waals surface area contributed by atoms with E-state index in [0.717, 1.165) is 12.0 Å². The second-order valence-corrected chi connectivity index (χ2v) is 5.57. The summed E-state index contributed by atoms with van der Waals surface area (Å²) in [5.41, 5.74) is 0.747. The molecule has 0 heterocycles. The summed E-state index contributed by atoms with van der Waals surface area (Å²) in [5, 5.41) is 18.6. The van der Waals surface area contributed by atoms with E-state index >= 15 is 0 Å². The molecule has 4 heteroatoms. The zero-order chi connectivity index (χ0) is 14.4. The smallest absolute Gasteiger partial charge is 0.307 e. The van der Waals surface area contributed by atoms with Gasteiger partial charge < -0.3 is 14.9 Å². The van der Waals surface area contributed by atoms with Gasteiger partial charge in [-0.25, -0.2) is 0 Å². The van der Waals surface area contributed by atoms with E-state index in [1.54, 1.807) is 24.3 Å². The predicted octanol–water partition coefficient (Wildman–Crippen LogP) is 2.63. The van der Waals surface area contributed by atoms with Gasteiger partial charge in [-0.05, 0) is 30.0 Å². The van der Waals surface area contributed by atoms with Crippen molar-refractivity contribution in [2.45, 2.75) is 44.6 Å². The maximum atomic E-state index is 10.6. The van der Waals surface area contributed by atoms with Gasteiger partial charge in [0.2, 0.25) is 0 Å². The first-order valence-corrected chi connectivity index (χ1v) is 7.25. The molecule has 1 aromatic carbocycles. The first-order chi connectivity index (χ1) is 9.63. The average molecular weight is 278 g/mol. The minimum absolute atomic E-state index is 0.0184. The Hall–Kier alpha value is -1.55. The molecule has 1 atom stereocenters. The highest BCUT2D eigenvalue weighted by atomic mass is 16.5. The number of ether oxygens (including phenoxy) is 1. The lowest BCUT2D eigenvalue weighted by Gasteiger charge is -2.16. The van der Waals surface area contributed by atoms with Crippen molar-refractivity contribution in [2.75, 3.05) is 6.61 Å². The Bertz CT molecular complexity index is 421. The van der Waals surface area contributed by atoms with Crippen LogP contribution in [0.2, 0.25) is 0 Å². The van der Waals surface area contributed by atoms with Crippen molar-refractivity contribution < 1.29 is 19.7 Å². The van der Waals surface area contributed by atoms with Crippen LogP contribution in [0.15, 0.2) is 24.3 Å². The van der Waals surface area contributed by atoms with Crippen molar-refractivity contribution in [3.63, 3.8) is 0 Å². The summed E-state index contributed by atoms with van der Waals surface area (Å²) in [6.45, 7) is 0.300. The number of aliphatic hydroxyl groups excluding tert-OH is 1. The van der Waals surface area contributed by atoms with Crippen LogP contribution >= 0.6 is 0 Å². The molecule has 0 amide bonds. The van der Waals surface area contributed by atoms with Crippen LogP contribution in [0, 0.1) is 5.92 Å². The Labute approximate surface area is 119 Å². The molecule has 1 aliphatic rings. The van der Waals surface area contributed by atoms with Crippen molar-refractivity contribution in [2.24, 2.45) is 5.92 Å². The summed E-state index contributed by atoms with van der Waals surface area (Å²) in [6.07, 6.45) is 5.42. The Morgan fingerprint density at radius 2 is 1.90 bits per heavy atom. The van der Waals surface area contributed by atoms with Crippen LogP contribution in [0.4, 0.5) is 0 Å². The van der Waals surface area contributed by atoms with Gasteiger partial charge in [-0.15, -0.1) is 0 Å². The molecule has 1 fully saturated rings. The second kappa shape index (κ2) is 7.29. The molecule has 2 N–H and O–H groups in total. The number of hydrogen-bond acceptors (Lipinski definition) is 3. The number of aliphatic carboxylic acids is 1. The van der Waals surface area contributed by atoms with E-state index in [1.807, 2.05) is 0 Å². The SMILES string of the molecule is O=C(O)Cc1ccc(OCC(O)CC2CCCC2)cc1. The number of aliphatic hydroxyl groups is 1. The van der Waals surface area contributed by atoms with Crippen LogP contribution in [0.1, 0.15) is 37.7 Å². The van der Waals surface area contributed by atoms with E-state index in [4.69, 9.17) is 9.84 Å². The van der Waals surface area contributed by atoms with Gasteiger partial charge >= 0.3 is 5.97 Å². The molecule has 4 nitrogen and oxygen atoms in total. The van der Waals surface area contributed by atoms with Crippen LogP contribution in [0.25, 0.3) is 0 Å². The number of carboxylic acids is 1. The fourth-order valence-corrected chi connectivity index (χ4v) is 2.77. The largest absolute Gasteiger partial charge is 0.491 e. The maximum Gasteiger partial charge on any atom is 0.307 e. The monoisotopic (exact) mass is 278 g/mol. The summed E-state index contributed by atoms with van der Waals surface area (Å²) < 4.78 is 5.54. The minimum atomic E-state index is -0.842. The van der Waals surface area contributed by atoms with Gasteiger partial charge in [-0.3, -0.25) is 4.79 Å². The van der Waals surface area contributed by atoms with E-state index in [2.05, 4.69) is 0 Å². The molecular formula is C16H22O4. The minimum Gasteiger partial charge on any atom is -0.491 e. The second-order valence-electron chi connectivity index (χ2n) is 5.57. The van der Waals surface area contributed by atoms with Crippen LogP contribution in [-0.2, 0) is 11.2 Å². The van der Waals surface area contributed by atoms with Gasteiger partial charge in [-0.2, -0.15) is 0 Å². The molecular weight excluding hydrogens is 256 g/mol. The fourth-order valence-electron chi connectivity index (χ4n) is 2.77.